The fourth-order valence-corrected chi connectivity index (χ4v) is 2.53. The minimum absolute atomic E-state index is 0.324. The van der Waals surface area contributed by atoms with Crippen molar-refractivity contribution in [3.8, 4) is 11.3 Å². The minimum atomic E-state index is -0.338. The lowest BCUT2D eigenvalue weighted by molar-refractivity contribution is 0.00578. The Morgan fingerprint density at radius 1 is 0.909 bits per heavy atom. The summed E-state index contributed by atoms with van der Waals surface area (Å²) in [6.45, 7) is 10.3. The van der Waals surface area contributed by atoms with Crippen molar-refractivity contribution in [2.75, 3.05) is 0 Å². The minimum Gasteiger partial charge on any atom is -0.399 e. The highest BCUT2D eigenvalue weighted by Crippen LogP contribution is 2.36. The van der Waals surface area contributed by atoms with Gasteiger partial charge in [-0.25, -0.2) is 0 Å². The van der Waals surface area contributed by atoms with Crippen LogP contribution in [0.15, 0.2) is 42.5 Å². The van der Waals surface area contributed by atoms with Gasteiger partial charge in [0.1, 0.15) is 0 Å². The van der Waals surface area contributed by atoms with Gasteiger partial charge in [0.2, 0.25) is 0 Å². The number of rotatable bonds is 2. The predicted molar refractivity (Wildman–Crippen MR) is 90.1 cm³/mol. The maximum Gasteiger partial charge on any atom is 0.494 e. The summed E-state index contributed by atoms with van der Waals surface area (Å²) in [6.07, 6.45) is 0. The number of pyridine rings is 1. The van der Waals surface area contributed by atoms with Gasteiger partial charge in [-0.3, -0.25) is 4.98 Å². The molecule has 1 aromatic carbocycles. The van der Waals surface area contributed by atoms with E-state index >= 15 is 0 Å². The van der Waals surface area contributed by atoms with Crippen LogP contribution in [0, 0.1) is 6.92 Å². The summed E-state index contributed by atoms with van der Waals surface area (Å²) >= 11 is 0. The van der Waals surface area contributed by atoms with Crippen molar-refractivity contribution in [3.05, 3.63) is 48.2 Å². The van der Waals surface area contributed by atoms with E-state index in [0.717, 1.165) is 22.4 Å². The molecular formula is C18H22BNO2. The Hall–Kier alpha value is -1.65. The molecule has 3 rings (SSSR count). The predicted octanol–water partition coefficient (Wildman–Crippen LogP) is 3.36. The van der Waals surface area contributed by atoms with Gasteiger partial charge in [-0.2, -0.15) is 0 Å². The highest BCUT2D eigenvalue weighted by molar-refractivity contribution is 6.62. The first-order chi connectivity index (χ1) is 10.3. The molecule has 0 bridgehead atoms. The van der Waals surface area contributed by atoms with Gasteiger partial charge in [0.25, 0.3) is 0 Å². The fraction of sp³-hybridized carbons (Fsp3) is 0.389. The van der Waals surface area contributed by atoms with E-state index in [4.69, 9.17) is 9.31 Å². The van der Waals surface area contributed by atoms with E-state index in [9.17, 15) is 0 Å². The standard InChI is InChI=1S/C18H22BNO2/c1-13-8-6-11-16(20-13)14-9-7-10-15(12-14)19-21-17(2,3)18(4,5)22-19/h6-12H,1-5H3. The molecule has 0 radical (unpaired) electrons. The van der Waals surface area contributed by atoms with Crippen LogP contribution in [0.25, 0.3) is 11.3 Å². The maximum absolute atomic E-state index is 6.12. The van der Waals surface area contributed by atoms with Gasteiger partial charge in [-0.1, -0.05) is 30.3 Å². The molecule has 2 heterocycles. The van der Waals surface area contributed by atoms with Crippen molar-refractivity contribution in [3.63, 3.8) is 0 Å². The molecule has 1 aromatic heterocycles. The van der Waals surface area contributed by atoms with Crippen molar-refractivity contribution in [1.29, 1.82) is 0 Å². The summed E-state index contributed by atoms with van der Waals surface area (Å²) in [6, 6.07) is 14.3. The smallest absolute Gasteiger partial charge is 0.399 e. The summed E-state index contributed by atoms with van der Waals surface area (Å²) in [7, 11) is -0.338. The van der Waals surface area contributed by atoms with Gasteiger partial charge in [-0.05, 0) is 57.8 Å². The molecule has 22 heavy (non-hydrogen) atoms. The Morgan fingerprint density at radius 3 is 2.18 bits per heavy atom. The highest BCUT2D eigenvalue weighted by atomic mass is 16.7. The van der Waals surface area contributed by atoms with Crippen molar-refractivity contribution in [1.82, 2.24) is 4.98 Å². The summed E-state index contributed by atoms with van der Waals surface area (Å²) < 4.78 is 12.2. The first-order valence-electron chi connectivity index (χ1n) is 7.68. The van der Waals surface area contributed by atoms with E-state index in [1.54, 1.807) is 0 Å². The lowest BCUT2D eigenvalue weighted by Crippen LogP contribution is -2.41. The first kappa shape index (κ1) is 15.3. The number of aromatic nitrogens is 1. The topological polar surface area (TPSA) is 31.4 Å². The van der Waals surface area contributed by atoms with Crippen molar-refractivity contribution in [2.24, 2.45) is 0 Å². The second-order valence-corrected chi connectivity index (χ2v) is 6.88. The summed E-state index contributed by atoms with van der Waals surface area (Å²) in [5, 5.41) is 0. The molecule has 0 atom stereocenters. The normalized spacial score (nSPS) is 19.4. The number of nitrogens with zero attached hydrogens (tertiary/aromatic N) is 1. The molecule has 1 aliphatic heterocycles. The molecule has 0 saturated carbocycles. The van der Waals surface area contributed by atoms with Gasteiger partial charge < -0.3 is 9.31 Å². The van der Waals surface area contributed by atoms with Crippen molar-refractivity contribution < 1.29 is 9.31 Å². The van der Waals surface area contributed by atoms with Crippen molar-refractivity contribution in [2.45, 2.75) is 45.8 Å². The largest absolute Gasteiger partial charge is 0.494 e. The summed E-state index contributed by atoms with van der Waals surface area (Å²) in [5.41, 5.74) is 3.44. The Morgan fingerprint density at radius 2 is 1.55 bits per heavy atom. The zero-order valence-electron chi connectivity index (χ0n) is 13.9. The van der Waals surface area contributed by atoms with Crippen LogP contribution in [0.2, 0.25) is 0 Å². The molecule has 4 heteroatoms. The van der Waals surface area contributed by atoms with Crippen LogP contribution in [0.1, 0.15) is 33.4 Å². The molecule has 1 saturated heterocycles. The zero-order valence-corrected chi connectivity index (χ0v) is 13.9. The monoisotopic (exact) mass is 295 g/mol. The average molecular weight is 295 g/mol. The third-order valence-corrected chi connectivity index (χ3v) is 4.60. The molecule has 114 valence electrons. The van der Waals surface area contributed by atoms with E-state index in [2.05, 4.69) is 44.8 Å². The molecule has 1 fully saturated rings. The zero-order chi connectivity index (χ0) is 16.0. The van der Waals surface area contributed by atoms with E-state index in [-0.39, 0.29) is 18.3 Å². The molecule has 2 aromatic rings. The lowest BCUT2D eigenvalue weighted by atomic mass is 9.78. The van der Waals surface area contributed by atoms with E-state index < -0.39 is 0 Å². The lowest BCUT2D eigenvalue weighted by Gasteiger charge is -2.32. The number of hydrogen-bond donors (Lipinski definition) is 0. The second kappa shape index (κ2) is 5.22. The molecule has 3 nitrogen and oxygen atoms in total. The Bertz CT molecular complexity index is 681. The van der Waals surface area contributed by atoms with Crippen LogP contribution in [0.4, 0.5) is 0 Å². The van der Waals surface area contributed by atoms with Crippen LogP contribution >= 0.6 is 0 Å². The highest BCUT2D eigenvalue weighted by Gasteiger charge is 2.51. The second-order valence-electron chi connectivity index (χ2n) is 6.88. The number of benzene rings is 1. The number of hydrogen-bond acceptors (Lipinski definition) is 3. The molecule has 1 aliphatic rings. The van der Waals surface area contributed by atoms with E-state index in [1.807, 2.05) is 37.3 Å². The van der Waals surface area contributed by atoms with Gasteiger partial charge in [0.05, 0.1) is 16.9 Å². The third kappa shape index (κ3) is 2.69. The van der Waals surface area contributed by atoms with Gasteiger partial charge in [-0.15, -0.1) is 0 Å². The quantitative estimate of drug-likeness (QED) is 0.796. The van der Waals surface area contributed by atoms with Crippen LogP contribution in [0.3, 0.4) is 0 Å². The third-order valence-electron chi connectivity index (χ3n) is 4.60. The molecule has 0 spiro atoms. The molecular weight excluding hydrogens is 273 g/mol. The maximum atomic E-state index is 6.12. The van der Waals surface area contributed by atoms with Crippen LogP contribution in [0.5, 0.6) is 0 Å². The Balaban J connectivity index is 1.93. The molecule has 0 amide bonds. The van der Waals surface area contributed by atoms with E-state index in [1.165, 1.54) is 0 Å². The first-order valence-corrected chi connectivity index (χ1v) is 7.68. The molecule has 0 unspecified atom stereocenters. The van der Waals surface area contributed by atoms with Crippen molar-refractivity contribution >= 4 is 12.6 Å². The summed E-state index contributed by atoms with van der Waals surface area (Å²) in [5.74, 6) is 0. The average Bonchev–Trinajstić information content (AvgIpc) is 2.68. The Kier molecular flexibility index (Phi) is 3.62. The molecule has 0 N–H and O–H groups in total. The van der Waals surface area contributed by atoms with Crippen LogP contribution < -0.4 is 5.46 Å². The Labute approximate surface area is 132 Å². The van der Waals surface area contributed by atoms with E-state index in [0.29, 0.717) is 0 Å². The van der Waals surface area contributed by atoms with Gasteiger partial charge in [0.15, 0.2) is 0 Å². The SMILES string of the molecule is Cc1cccc(-c2cccc(B3OC(C)(C)C(C)(C)O3)c2)n1. The van der Waals surface area contributed by atoms with Gasteiger partial charge >= 0.3 is 7.12 Å². The molecule has 0 aliphatic carbocycles. The van der Waals surface area contributed by atoms with Gasteiger partial charge in [0, 0.05) is 5.69 Å². The summed E-state index contributed by atoms with van der Waals surface area (Å²) in [4.78, 5) is 4.59. The van der Waals surface area contributed by atoms with Crippen LogP contribution in [-0.4, -0.2) is 23.3 Å². The fourth-order valence-electron chi connectivity index (χ4n) is 2.53. The van der Waals surface area contributed by atoms with Crippen LogP contribution in [-0.2, 0) is 9.31 Å². The number of aryl methyl sites for hydroxylation is 1.